The van der Waals surface area contributed by atoms with Crippen molar-refractivity contribution in [3.63, 3.8) is 0 Å². The molecule has 0 aliphatic heterocycles. The first-order chi connectivity index (χ1) is 6.59. The number of halogens is 1. The first-order valence-corrected chi connectivity index (χ1v) is 4.69. The summed E-state index contributed by atoms with van der Waals surface area (Å²) in [6.45, 7) is 2.34. The van der Waals surface area contributed by atoms with Crippen molar-refractivity contribution in [1.29, 1.82) is 0 Å². The Hall–Kier alpha value is -1.22. The molecule has 0 bridgehead atoms. The lowest BCUT2D eigenvalue weighted by Gasteiger charge is -2.07. The predicted octanol–water partition coefficient (Wildman–Crippen LogP) is 2.54. The summed E-state index contributed by atoms with van der Waals surface area (Å²) >= 11 is 5.90. The molecule has 0 amide bonds. The van der Waals surface area contributed by atoms with Gasteiger partial charge in [0.05, 0.1) is 17.1 Å². The predicted molar refractivity (Wildman–Crippen MR) is 56.9 cm³/mol. The van der Waals surface area contributed by atoms with E-state index in [2.05, 4.69) is 5.32 Å². The minimum atomic E-state index is -0.818. The highest BCUT2D eigenvalue weighted by Crippen LogP contribution is 2.22. The lowest BCUT2D eigenvalue weighted by Crippen LogP contribution is -2.07. The molecular weight excluding hydrogens is 202 g/mol. The Bertz CT molecular complexity index is 339. The third-order valence-electron chi connectivity index (χ3n) is 1.78. The van der Waals surface area contributed by atoms with Crippen molar-refractivity contribution in [1.82, 2.24) is 0 Å². The zero-order valence-electron chi connectivity index (χ0n) is 7.88. The first-order valence-electron chi connectivity index (χ1n) is 4.31. The van der Waals surface area contributed by atoms with Crippen molar-refractivity contribution in [2.75, 3.05) is 11.9 Å². The van der Waals surface area contributed by atoms with Crippen LogP contribution < -0.4 is 5.32 Å². The number of aryl methyl sites for hydroxylation is 1. The van der Waals surface area contributed by atoms with Crippen molar-refractivity contribution >= 4 is 23.3 Å². The molecule has 1 aromatic carbocycles. The Morgan fingerprint density at radius 3 is 2.93 bits per heavy atom. The normalized spacial score (nSPS) is 9.86. The van der Waals surface area contributed by atoms with E-state index in [-0.39, 0.29) is 6.42 Å². The SMILES string of the molecule is Cc1ccc(Cl)c(NCCC(=O)O)c1. The molecule has 76 valence electrons. The van der Waals surface area contributed by atoms with E-state index in [0.29, 0.717) is 11.6 Å². The van der Waals surface area contributed by atoms with E-state index in [4.69, 9.17) is 16.7 Å². The second-order valence-electron chi connectivity index (χ2n) is 3.05. The molecule has 0 fully saturated rings. The number of aliphatic carboxylic acids is 1. The van der Waals surface area contributed by atoms with Crippen LogP contribution in [-0.2, 0) is 4.79 Å². The van der Waals surface area contributed by atoms with Gasteiger partial charge in [0.1, 0.15) is 0 Å². The average Bonchev–Trinajstić information content (AvgIpc) is 2.10. The maximum atomic E-state index is 10.3. The molecule has 3 nitrogen and oxygen atoms in total. The standard InChI is InChI=1S/C10H12ClNO2/c1-7-2-3-8(11)9(6-7)12-5-4-10(13)14/h2-3,6,12H,4-5H2,1H3,(H,13,14). The molecule has 0 atom stereocenters. The fraction of sp³-hybridized carbons (Fsp3) is 0.300. The summed E-state index contributed by atoms with van der Waals surface area (Å²) in [5, 5.41) is 12.0. The van der Waals surface area contributed by atoms with E-state index < -0.39 is 5.97 Å². The quantitative estimate of drug-likeness (QED) is 0.808. The van der Waals surface area contributed by atoms with E-state index >= 15 is 0 Å². The maximum Gasteiger partial charge on any atom is 0.305 e. The molecule has 0 aliphatic carbocycles. The third-order valence-corrected chi connectivity index (χ3v) is 2.11. The highest BCUT2D eigenvalue weighted by Gasteiger charge is 2.01. The van der Waals surface area contributed by atoms with Gasteiger partial charge in [0.15, 0.2) is 0 Å². The van der Waals surface area contributed by atoms with Gasteiger partial charge in [-0.15, -0.1) is 0 Å². The molecule has 0 heterocycles. The van der Waals surface area contributed by atoms with Crippen LogP contribution in [0.2, 0.25) is 5.02 Å². The average molecular weight is 214 g/mol. The van der Waals surface area contributed by atoms with Gasteiger partial charge in [0.2, 0.25) is 0 Å². The molecule has 0 saturated heterocycles. The van der Waals surface area contributed by atoms with Crippen LogP contribution in [0.25, 0.3) is 0 Å². The topological polar surface area (TPSA) is 49.3 Å². The van der Waals surface area contributed by atoms with Gasteiger partial charge in [-0.1, -0.05) is 17.7 Å². The van der Waals surface area contributed by atoms with Gasteiger partial charge in [0, 0.05) is 6.54 Å². The minimum absolute atomic E-state index is 0.0876. The number of nitrogens with one attached hydrogen (secondary N) is 1. The highest BCUT2D eigenvalue weighted by atomic mass is 35.5. The summed E-state index contributed by atoms with van der Waals surface area (Å²) in [6.07, 6.45) is 0.0876. The van der Waals surface area contributed by atoms with Crippen LogP contribution >= 0.6 is 11.6 Å². The van der Waals surface area contributed by atoms with E-state index in [0.717, 1.165) is 11.3 Å². The Morgan fingerprint density at radius 1 is 1.57 bits per heavy atom. The Labute approximate surface area is 87.7 Å². The largest absolute Gasteiger partial charge is 0.481 e. The van der Waals surface area contributed by atoms with Gasteiger partial charge in [-0.05, 0) is 24.6 Å². The van der Waals surface area contributed by atoms with Crippen LogP contribution in [-0.4, -0.2) is 17.6 Å². The molecule has 0 spiro atoms. The third kappa shape index (κ3) is 3.26. The van der Waals surface area contributed by atoms with Crippen molar-refractivity contribution in [2.45, 2.75) is 13.3 Å². The molecule has 0 radical (unpaired) electrons. The van der Waals surface area contributed by atoms with Crippen molar-refractivity contribution < 1.29 is 9.90 Å². The first kappa shape index (κ1) is 10.9. The van der Waals surface area contributed by atoms with Crippen LogP contribution in [0.3, 0.4) is 0 Å². The summed E-state index contributed by atoms with van der Waals surface area (Å²) in [7, 11) is 0. The summed E-state index contributed by atoms with van der Waals surface area (Å²) in [5.41, 5.74) is 1.88. The van der Waals surface area contributed by atoms with E-state index in [9.17, 15) is 4.79 Å². The van der Waals surface area contributed by atoms with Gasteiger partial charge in [0.25, 0.3) is 0 Å². The number of carboxylic acid groups (broad SMARTS) is 1. The van der Waals surface area contributed by atoms with Crippen LogP contribution in [0.15, 0.2) is 18.2 Å². The second-order valence-corrected chi connectivity index (χ2v) is 3.46. The van der Waals surface area contributed by atoms with Crippen molar-refractivity contribution in [2.24, 2.45) is 0 Å². The van der Waals surface area contributed by atoms with E-state index in [1.165, 1.54) is 0 Å². The van der Waals surface area contributed by atoms with Crippen LogP contribution in [0.5, 0.6) is 0 Å². The smallest absolute Gasteiger partial charge is 0.305 e. The summed E-state index contributed by atoms with van der Waals surface area (Å²) in [6, 6.07) is 5.59. The molecule has 1 rings (SSSR count). The molecule has 14 heavy (non-hydrogen) atoms. The lowest BCUT2D eigenvalue weighted by molar-refractivity contribution is -0.136. The van der Waals surface area contributed by atoms with Gasteiger partial charge >= 0.3 is 5.97 Å². The van der Waals surface area contributed by atoms with E-state index in [1.54, 1.807) is 6.07 Å². The highest BCUT2D eigenvalue weighted by molar-refractivity contribution is 6.33. The van der Waals surface area contributed by atoms with E-state index in [1.807, 2.05) is 19.1 Å². The maximum absolute atomic E-state index is 10.3. The summed E-state index contributed by atoms with van der Waals surface area (Å²) < 4.78 is 0. The molecule has 0 saturated carbocycles. The number of hydrogen-bond donors (Lipinski definition) is 2. The zero-order valence-corrected chi connectivity index (χ0v) is 8.64. The van der Waals surface area contributed by atoms with Gasteiger partial charge in [-0.3, -0.25) is 4.79 Å². The van der Waals surface area contributed by atoms with Gasteiger partial charge < -0.3 is 10.4 Å². The second kappa shape index (κ2) is 4.86. The molecule has 2 N–H and O–H groups in total. The molecule has 0 unspecified atom stereocenters. The number of benzene rings is 1. The number of hydrogen-bond acceptors (Lipinski definition) is 2. The van der Waals surface area contributed by atoms with Crippen LogP contribution in [0.1, 0.15) is 12.0 Å². The van der Waals surface area contributed by atoms with Crippen molar-refractivity contribution in [3.8, 4) is 0 Å². The van der Waals surface area contributed by atoms with Crippen LogP contribution in [0, 0.1) is 6.92 Å². The molecule has 4 heteroatoms. The number of carbonyl (C=O) groups is 1. The molecule has 1 aromatic rings. The lowest BCUT2D eigenvalue weighted by atomic mass is 10.2. The monoisotopic (exact) mass is 213 g/mol. The Morgan fingerprint density at radius 2 is 2.29 bits per heavy atom. The molecule has 0 aliphatic rings. The number of carboxylic acids is 1. The van der Waals surface area contributed by atoms with Crippen molar-refractivity contribution in [3.05, 3.63) is 28.8 Å². The Kier molecular flexibility index (Phi) is 3.77. The van der Waals surface area contributed by atoms with Crippen LogP contribution in [0.4, 0.5) is 5.69 Å². The fourth-order valence-electron chi connectivity index (χ4n) is 1.08. The Balaban J connectivity index is 2.57. The minimum Gasteiger partial charge on any atom is -0.481 e. The molecule has 0 aromatic heterocycles. The number of anilines is 1. The number of rotatable bonds is 4. The molecular formula is C10H12ClNO2. The fourth-order valence-corrected chi connectivity index (χ4v) is 1.26. The van der Waals surface area contributed by atoms with Gasteiger partial charge in [-0.25, -0.2) is 0 Å². The zero-order chi connectivity index (χ0) is 10.6. The summed E-state index contributed by atoms with van der Waals surface area (Å²) in [4.78, 5) is 10.3. The summed E-state index contributed by atoms with van der Waals surface area (Å²) in [5.74, 6) is -0.818. The van der Waals surface area contributed by atoms with Gasteiger partial charge in [-0.2, -0.15) is 0 Å².